The highest BCUT2D eigenvalue weighted by Gasteiger charge is 2.18. The predicted octanol–water partition coefficient (Wildman–Crippen LogP) is 3.53. The second-order valence-electron chi connectivity index (χ2n) is 4.08. The number of hydrogen-bond acceptors (Lipinski definition) is 2. The lowest BCUT2D eigenvalue weighted by molar-refractivity contribution is 0.367. The van der Waals surface area contributed by atoms with Crippen molar-refractivity contribution >= 4 is 15.9 Å². The first-order valence-electron chi connectivity index (χ1n) is 5.51. The van der Waals surface area contributed by atoms with Crippen molar-refractivity contribution in [2.75, 3.05) is 0 Å². The summed E-state index contributed by atoms with van der Waals surface area (Å²) in [7, 11) is 0. The summed E-state index contributed by atoms with van der Waals surface area (Å²) < 4.78 is 13.9. The molecule has 0 saturated heterocycles. The average molecular weight is 289 g/mol. The average Bonchev–Trinajstić information content (AvgIpc) is 2.25. The monoisotopic (exact) mass is 288 g/mol. The summed E-state index contributed by atoms with van der Waals surface area (Å²) in [4.78, 5) is 0. The van der Waals surface area contributed by atoms with Crippen molar-refractivity contribution in [2.24, 2.45) is 11.8 Å². The quantitative estimate of drug-likeness (QED) is 0.643. The maximum Gasteiger partial charge on any atom is 0.137 e. The molecule has 0 bridgehead atoms. The lowest BCUT2D eigenvalue weighted by Crippen LogP contribution is -2.32. The van der Waals surface area contributed by atoms with Crippen LogP contribution in [0, 0.1) is 11.7 Å². The first kappa shape index (κ1) is 13.6. The topological polar surface area (TPSA) is 38.0 Å². The third-order valence-electron chi connectivity index (χ3n) is 2.80. The fourth-order valence-corrected chi connectivity index (χ4v) is 2.16. The molecule has 0 radical (unpaired) electrons. The number of rotatable bonds is 5. The van der Waals surface area contributed by atoms with Crippen LogP contribution in [0.5, 0.6) is 0 Å². The van der Waals surface area contributed by atoms with Gasteiger partial charge < -0.3 is 0 Å². The minimum Gasteiger partial charge on any atom is -0.271 e. The van der Waals surface area contributed by atoms with E-state index in [0.717, 1.165) is 18.4 Å². The maximum absolute atomic E-state index is 13.4. The number of benzene rings is 1. The molecule has 0 aliphatic carbocycles. The Bertz CT molecular complexity index is 344. The van der Waals surface area contributed by atoms with Crippen molar-refractivity contribution in [1.29, 1.82) is 0 Å². The molecule has 4 heteroatoms. The van der Waals surface area contributed by atoms with Crippen LogP contribution in [0.25, 0.3) is 0 Å². The molecule has 90 valence electrons. The Morgan fingerprint density at radius 2 is 2.19 bits per heavy atom. The molecule has 0 aromatic heterocycles. The summed E-state index contributed by atoms with van der Waals surface area (Å²) in [6.45, 7) is 4.25. The maximum atomic E-state index is 13.4. The number of nitrogens with two attached hydrogens (primary N) is 1. The highest BCUT2D eigenvalue weighted by molar-refractivity contribution is 9.10. The van der Waals surface area contributed by atoms with Gasteiger partial charge in [0.05, 0.1) is 4.47 Å². The minimum atomic E-state index is -0.249. The van der Waals surface area contributed by atoms with Gasteiger partial charge in [0.1, 0.15) is 5.82 Å². The van der Waals surface area contributed by atoms with Crippen LogP contribution in [0.4, 0.5) is 4.39 Å². The minimum absolute atomic E-state index is 0.00236. The first-order chi connectivity index (χ1) is 7.60. The van der Waals surface area contributed by atoms with Crippen LogP contribution in [-0.2, 0) is 0 Å². The Labute approximate surface area is 105 Å². The van der Waals surface area contributed by atoms with Gasteiger partial charge in [-0.05, 0) is 46.0 Å². The Balaban J connectivity index is 2.90. The van der Waals surface area contributed by atoms with E-state index in [2.05, 4.69) is 35.2 Å². The molecule has 0 fully saturated rings. The summed E-state index contributed by atoms with van der Waals surface area (Å²) >= 11 is 3.14. The summed E-state index contributed by atoms with van der Waals surface area (Å²) in [6, 6.07) is 5.14. The second kappa shape index (κ2) is 6.33. The fourth-order valence-electron chi connectivity index (χ4n) is 1.92. The molecule has 0 aliphatic rings. The molecule has 0 amide bonds. The van der Waals surface area contributed by atoms with Gasteiger partial charge in [-0.15, -0.1) is 0 Å². The van der Waals surface area contributed by atoms with Crippen LogP contribution in [0.15, 0.2) is 22.7 Å². The summed E-state index contributed by atoms with van der Waals surface area (Å²) in [5.74, 6) is 5.68. The predicted molar refractivity (Wildman–Crippen MR) is 68.2 cm³/mol. The molecule has 3 N–H and O–H groups in total. The van der Waals surface area contributed by atoms with Gasteiger partial charge >= 0.3 is 0 Å². The molecule has 16 heavy (non-hydrogen) atoms. The highest BCUT2D eigenvalue weighted by Crippen LogP contribution is 2.27. The van der Waals surface area contributed by atoms with E-state index in [1.165, 1.54) is 6.07 Å². The molecule has 2 unspecified atom stereocenters. The Kier molecular flexibility index (Phi) is 5.38. The molecule has 1 aromatic carbocycles. The first-order valence-corrected chi connectivity index (χ1v) is 6.30. The Morgan fingerprint density at radius 3 is 2.69 bits per heavy atom. The highest BCUT2D eigenvalue weighted by atomic mass is 79.9. The van der Waals surface area contributed by atoms with Crippen LogP contribution in [0.3, 0.4) is 0 Å². The van der Waals surface area contributed by atoms with Crippen molar-refractivity contribution in [3.8, 4) is 0 Å². The molecule has 1 rings (SSSR count). The van der Waals surface area contributed by atoms with Crippen molar-refractivity contribution in [2.45, 2.75) is 32.7 Å². The van der Waals surface area contributed by atoms with E-state index in [4.69, 9.17) is 5.84 Å². The lowest BCUT2D eigenvalue weighted by Gasteiger charge is -2.23. The van der Waals surface area contributed by atoms with Crippen molar-refractivity contribution in [1.82, 2.24) is 5.43 Å². The standard InChI is InChI=1S/C12H18BrFN2/c1-3-4-8(2)12(16-15)9-5-6-10(13)11(14)7-9/h5-8,12,16H,3-4,15H2,1-2H3. The van der Waals surface area contributed by atoms with Gasteiger partial charge in [0.25, 0.3) is 0 Å². The van der Waals surface area contributed by atoms with Gasteiger partial charge in [-0.3, -0.25) is 11.3 Å². The largest absolute Gasteiger partial charge is 0.271 e. The van der Waals surface area contributed by atoms with E-state index in [1.54, 1.807) is 6.07 Å². The molecule has 0 aliphatic heterocycles. The Hall–Kier alpha value is -0.450. The molecule has 0 heterocycles. The van der Waals surface area contributed by atoms with E-state index in [9.17, 15) is 4.39 Å². The zero-order chi connectivity index (χ0) is 12.1. The van der Waals surface area contributed by atoms with Gasteiger partial charge in [-0.25, -0.2) is 4.39 Å². The van der Waals surface area contributed by atoms with E-state index < -0.39 is 0 Å². The van der Waals surface area contributed by atoms with Crippen LogP contribution in [0.2, 0.25) is 0 Å². The van der Waals surface area contributed by atoms with Gasteiger partial charge in [-0.1, -0.05) is 26.3 Å². The Morgan fingerprint density at radius 1 is 1.50 bits per heavy atom. The van der Waals surface area contributed by atoms with Crippen LogP contribution in [0.1, 0.15) is 38.3 Å². The van der Waals surface area contributed by atoms with E-state index in [1.807, 2.05) is 6.07 Å². The zero-order valence-electron chi connectivity index (χ0n) is 9.63. The number of hydrogen-bond donors (Lipinski definition) is 2. The van der Waals surface area contributed by atoms with Crippen molar-refractivity contribution in [3.63, 3.8) is 0 Å². The number of nitrogens with one attached hydrogen (secondary N) is 1. The van der Waals surface area contributed by atoms with Crippen molar-refractivity contribution in [3.05, 3.63) is 34.1 Å². The van der Waals surface area contributed by atoms with E-state index in [0.29, 0.717) is 10.4 Å². The van der Waals surface area contributed by atoms with Gasteiger partial charge in [0, 0.05) is 6.04 Å². The number of halogens is 2. The molecule has 2 atom stereocenters. The van der Waals surface area contributed by atoms with Crippen LogP contribution in [-0.4, -0.2) is 0 Å². The third-order valence-corrected chi connectivity index (χ3v) is 3.44. The molecule has 0 saturated carbocycles. The molecular formula is C12H18BrFN2. The molecule has 2 nitrogen and oxygen atoms in total. The molecular weight excluding hydrogens is 271 g/mol. The number of hydrazine groups is 1. The summed E-state index contributed by atoms with van der Waals surface area (Å²) in [6.07, 6.45) is 2.16. The fraction of sp³-hybridized carbons (Fsp3) is 0.500. The molecule has 0 spiro atoms. The second-order valence-corrected chi connectivity index (χ2v) is 4.94. The normalized spacial score (nSPS) is 14.8. The van der Waals surface area contributed by atoms with E-state index in [-0.39, 0.29) is 11.9 Å². The smallest absolute Gasteiger partial charge is 0.137 e. The van der Waals surface area contributed by atoms with Crippen molar-refractivity contribution < 1.29 is 4.39 Å². The zero-order valence-corrected chi connectivity index (χ0v) is 11.2. The SMILES string of the molecule is CCCC(C)C(NN)c1ccc(Br)c(F)c1. The van der Waals surface area contributed by atoms with Crippen LogP contribution >= 0.6 is 15.9 Å². The van der Waals surface area contributed by atoms with Crippen LogP contribution < -0.4 is 11.3 Å². The van der Waals surface area contributed by atoms with Gasteiger partial charge in [0.15, 0.2) is 0 Å². The third kappa shape index (κ3) is 3.27. The molecule has 1 aromatic rings. The van der Waals surface area contributed by atoms with Gasteiger partial charge in [-0.2, -0.15) is 0 Å². The lowest BCUT2D eigenvalue weighted by atomic mass is 9.91. The summed E-state index contributed by atoms with van der Waals surface area (Å²) in [5.41, 5.74) is 3.66. The van der Waals surface area contributed by atoms with E-state index >= 15 is 0 Å². The summed E-state index contributed by atoms with van der Waals surface area (Å²) in [5, 5.41) is 0. The van der Waals surface area contributed by atoms with Gasteiger partial charge in [0.2, 0.25) is 0 Å².